The van der Waals surface area contributed by atoms with Gasteiger partial charge in [0.05, 0.1) is 0 Å². The molecule has 0 saturated carbocycles. The van der Waals surface area contributed by atoms with Gasteiger partial charge in [0.1, 0.15) is 0 Å². The van der Waals surface area contributed by atoms with Crippen LogP contribution < -0.4 is 10.6 Å². The lowest BCUT2D eigenvalue weighted by atomic mass is 10.1. The van der Waals surface area contributed by atoms with Crippen molar-refractivity contribution in [1.82, 2.24) is 25.1 Å². The van der Waals surface area contributed by atoms with E-state index in [1.165, 1.54) is 0 Å². The summed E-state index contributed by atoms with van der Waals surface area (Å²) in [4.78, 5) is 8.11. The third kappa shape index (κ3) is 5.06. The highest BCUT2D eigenvalue weighted by Crippen LogP contribution is 2.28. The molecule has 9 nitrogen and oxygen atoms in total. The fourth-order valence-corrected chi connectivity index (χ4v) is 3.49. The average Bonchev–Trinajstić information content (AvgIpc) is 2.98. The molecule has 1 saturated heterocycles. The lowest BCUT2D eigenvalue weighted by Crippen LogP contribution is -2.51. The highest BCUT2D eigenvalue weighted by molar-refractivity contribution is 7.90. The normalized spacial score (nSPS) is 18.1. The molecule has 0 unspecified atom stereocenters. The van der Waals surface area contributed by atoms with E-state index >= 15 is 0 Å². The van der Waals surface area contributed by atoms with E-state index in [1.807, 2.05) is 0 Å². The molecule has 0 atom stereocenters. The van der Waals surface area contributed by atoms with Crippen LogP contribution in [0.3, 0.4) is 0 Å². The van der Waals surface area contributed by atoms with Gasteiger partial charge in [0.2, 0.25) is 5.89 Å². The molecule has 2 rings (SSSR count). The summed E-state index contributed by atoms with van der Waals surface area (Å²) in [5, 5.41) is 9.80. The average molecular weight is 398 g/mol. The molecule has 26 heavy (non-hydrogen) atoms. The van der Waals surface area contributed by atoms with Crippen molar-refractivity contribution in [3.8, 4) is 0 Å². The summed E-state index contributed by atoms with van der Waals surface area (Å²) in [7, 11) is -3.70. The SMILES string of the molecule is CN=C(NCCc1nc(C)no1)NC1CCN(S(=O)(=O)C(F)(F)F)CC1. The molecule has 0 aromatic carbocycles. The minimum absolute atomic E-state index is 0.175. The number of aliphatic imine (C=N–C) groups is 1. The van der Waals surface area contributed by atoms with E-state index in [2.05, 4.69) is 25.8 Å². The number of nitrogens with one attached hydrogen (secondary N) is 2. The molecule has 1 aromatic heterocycles. The Bertz CT molecular complexity index is 726. The van der Waals surface area contributed by atoms with E-state index in [-0.39, 0.29) is 32.0 Å². The molecule has 0 amide bonds. The van der Waals surface area contributed by atoms with Gasteiger partial charge in [-0.1, -0.05) is 5.16 Å². The predicted octanol–water partition coefficient (Wildman–Crippen LogP) is 0.400. The molecule has 13 heteroatoms. The predicted molar refractivity (Wildman–Crippen MR) is 86.8 cm³/mol. The zero-order chi connectivity index (χ0) is 19.4. The number of aryl methyl sites for hydroxylation is 1. The van der Waals surface area contributed by atoms with Crippen LogP contribution in [0.25, 0.3) is 0 Å². The summed E-state index contributed by atoms with van der Waals surface area (Å²) < 4.78 is 66.0. The molecular formula is C13H21F3N6O3S. The Morgan fingerprint density at radius 1 is 1.38 bits per heavy atom. The second-order valence-corrected chi connectivity index (χ2v) is 7.68. The van der Waals surface area contributed by atoms with Gasteiger partial charge in [-0.05, 0) is 19.8 Å². The number of hydrogen-bond acceptors (Lipinski definition) is 6. The van der Waals surface area contributed by atoms with Gasteiger partial charge in [-0.15, -0.1) is 0 Å². The zero-order valence-electron chi connectivity index (χ0n) is 14.4. The number of sulfonamides is 1. The summed E-state index contributed by atoms with van der Waals surface area (Å²) >= 11 is 0. The van der Waals surface area contributed by atoms with E-state index in [1.54, 1.807) is 14.0 Å². The van der Waals surface area contributed by atoms with Crippen LogP contribution in [0.2, 0.25) is 0 Å². The molecule has 2 N–H and O–H groups in total. The minimum Gasteiger partial charge on any atom is -0.356 e. The summed E-state index contributed by atoms with van der Waals surface area (Å²) in [6.07, 6.45) is 0.988. The third-order valence-electron chi connectivity index (χ3n) is 3.85. The quantitative estimate of drug-likeness (QED) is 0.545. The topological polar surface area (TPSA) is 113 Å². The van der Waals surface area contributed by atoms with Crippen LogP contribution in [-0.4, -0.2) is 67.1 Å². The molecule has 1 fully saturated rings. The van der Waals surface area contributed by atoms with Crippen LogP contribution >= 0.6 is 0 Å². The molecule has 1 aliphatic heterocycles. The van der Waals surface area contributed by atoms with E-state index in [0.29, 0.717) is 34.9 Å². The smallest absolute Gasteiger partial charge is 0.356 e. The number of halogens is 3. The summed E-state index contributed by atoms with van der Waals surface area (Å²) in [6, 6.07) is -0.175. The lowest BCUT2D eigenvalue weighted by molar-refractivity contribution is -0.0494. The van der Waals surface area contributed by atoms with Crippen molar-refractivity contribution in [3.63, 3.8) is 0 Å². The summed E-state index contributed by atoms with van der Waals surface area (Å²) in [5.74, 6) is 1.50. The van der Waals surface area contributed by atoms with Gasteiger partial charge in [-0.25, -0.2) is 8.42 Å². The molecule has 1 aliphatic rings. The first kappa shape index (κ1) is 20.4. The van der Waals surface area contributed by atoms with Crippen LogP contribution in [0.1, 0.15) is 24.6 Å². The maximum Gasteiger partial charge on any atom is 0.511 e. The van der Waals surface area contributed by atoms with Crippen LogP contribution in [0, 0.1) is 6.92 Å². The van der Waals surface area contributed by atoms with Crippen molar-refractivity contribution in [1.29, 1.82) is 0 Å². The van der Waals surface area contributed by atoms with Crippen LogP contribution in [-0.2, 0) is 16.4 Å². The number of hydrogen-bond donors (Lipinski definition) is 2. The zero-order valence-corrected chi connectivity index (χ0v) is 15.2. The Labute approximate surface area is 149 Å². The van der Waals surface area contributed by atoms with Gasteiger partial charge in [-0.3, -0.25) is 4.99 Å². The molecule has 0 spiro atoms. The van der Waals surface area contributed by atoms with Gasteiger partial charge in [0, 0.05) is 39.1 Å². The largest absolute Gasteiger partial charge is 0.511 e. The maximum absolute atomic E-state index is 12.6. The standard InChI is InChI=1S/C13H21F3N6O3S/c1-9-19-11(25-21-9)3-6-18-12(17-2)20-10-4-7-22(8-5-10)26(23,24)13(14,15)16/h10H,3-8H2,1-2H3,(H2,17,18,20). The van der Waals surface area contributed by atoms with Crippen molar-refractivity contribution < 1.29 is 26.1 Å². The number of aromatic nitrogens is 2. The van der Waals surface area contributed by atoms with Crippen molar-refractivity contribution in [2.75, 3.05) is 26.7 Å². The van der Waals surface area contributed by atoms with E-state index in [9.17, 15) is 21.6 Å². The van der Waals surface area contributed by atoms with E-state index in [4.69, 9.17) is 4.52 Å². The molecule has 148 valence electrons. The number of guanidine groups is 1. The highest BCUT2D eigenvalue weighted by Gasteiger charge is 2.50. The summed E-state index contributed by atoms with van der Waals surface area (Å²) in [6.45, 7) is 1.80. The van der Waals surface area contributed by atoms with Crippen LogP contribution in [0.15, 0.2) is 9.52 Å². The first-order chi connectivity index (χ1) is 12.1. The Kier molecular flexibility index (Phi) is 6.44. The Balaban J connectivity index is 1.78. The summed E-state index contributed by atoms with van der Waals surface area (Å²) in [5.41, 5.74) is -5.27. The Morgan fingerprint density at radius 2 is 2.04 bits per heavy atom. The van der Waals surface area contributed by atoms with Crippen LogP contribution in [0.4, 0.5) is 13.2 Å². The number of rotatable bonds is 5. The van der Waals surface area contributed by atoms with Gasteiger partial charge in [0.25, 0.3) is 0 Å². The van der Waals surface area contributed by atoms with Gasteiger partial charge >= 0.3 is 15.5 Å². The second kappa shape index (κ2) is 8.20. The fraction of sp³-hybridized carbons (Fsp3) is 0.769. The van der Waals surface area contributed by atoms with E-state index in [0.717, 1.165) is 0 Å². The molecule has 2 heterocycles. The molecular weight excluding hydrogens is 377 g/mol. The highest BCUT2D eigenvalue weighted by atomic mass is 32.2. The molecule has 0 aliphatic carbocycles. The number of piperidine rings is 1. The molecule has 1 aromatic rings. The monoisotopic (exact) mass is 398 g/mol. The van der Waals surface area contributed by atoms with Crippen molar-refractivity contribution in [3.05, 3.63) is 11.7 Å². The molecule has 0 bridgehead atoms. The van der Waals surface area contributed by atoms with Crippen molar-refractivity contribution in [2.24, 2.45) is 4.99 Å². The lowest BCUT2D eigenvalue weighted by Gasteiger charge is -2.32. The number of nitrogens with zero attached hydrogens (tertiary/aromatic N) is 4. The fourth-order valence-electron chi connectivity index (χ4n) is 2.50. The van der Waals surface area contributed by atoms with Crippen molar-refractivity contribution in [2.45, 2.75) is 37.7 Å². The molecule has 0 radical (unpaired) electrons. The number of alkyl halides is 3. The van der Waals surface area contributed by atoms with Crippen molar-refractivity contribution >= 4 is 16.0 Å². The van der Waals surface area contributed by atoms with Gasteiger partial charge in [0.15, 0.2) is 11.8 Å². The Morgan fingerprint density at radius 3 is 2.54 bits per heavy atom. The van der Waals surface area contributed by atoms with Gasteiger partial charge in [-0.2, -0.15) is 22.5 Å². The first-order valence-corrected chi connectivity index (χ1v) is 9.40. The minimum atomic E-state index is -5.27. The third-order valence-corrected chi connectivity index (χ3v) is 5.48. The first-order valence-electron chi connectivity index (χ1n) is 7.96. The Hall–Kier alpha value is -1.89. The maximum atomic E-state index is 12.6. The van der Waals surface area contributed by atoms with E-state index < -0.39 is 15.5 Å². The second-order valence-electron chi connectivity index (χ2n) is 5.75. The van der Waals surface area contributed by atoms with Gasteiger partial charge < -0.3 is 15.2 Å². The van der Waals surface area contributed by atoms with Crippen LogP contribution in [0.5, 0.6) is 0 Å².